The Hall–Kier alpha value is -3.12. The van der Waals surface area contributed by atoms with E-state index in [2.05, 4.69) is 10.3 Å². The van der Waals surface area contributed by atoms with E-state index in [1.165, 1.54) is 6.07 Å². The normalized spacial score (nSPS) is 10.1. The number of nitro benzene ring substituents is 1. The summed E-state index contributed by atoms with van der Waals surface area (Å²) in [6.45, 7) is -0.706. The number of halogens is 1. The van der Waals surface area contributed by atoms with Crippen molar-refractivity contribution < 1.29 is 24.2 Å². The Labute approximate surface area is 147 Å². The lowest BCUT2D eigenvalue weighted by Gasteiger charge is -2.05. The molecule has 2 rings (SSSR count). The van der Waals surface area contributed by atoms with Crippen LogP contribution in [0.25, 0.3) is 0 Å². The van der Waals surface area contributed by atoms with E-state index in [4.69, 9.17) is 16.3 Å². The van der Waals surface area contributed by atoms with Gasteiger partial charge in [-0.3, -0.25) is 30.3 Å². The number of amides is 1. The van der Waals surface area contributed by atoms with Crippen LogP contribution in [0.2, 0.25) is 5.02 Å². The summed E-state index contributed by atoms with van der Waals surface area (Å²) in [5.41, 5.74) is -0.635. The van der Waals surface area contributed by atoms with E-state index in [9.17, 15) is 29.8 Å². The van der Waals surface area contributed by atoms with Gasteiger partial charge in [-0.15, -0.1) is 0 Å². The van der Waals surface area contributed by atoms with Crippen LogP contribution in [-0.2, 0) is 9.53 Å². The molecule has 0 bridgehead atoms. The maximum Gasteiger partial charge on any atom is 0.345 e. The van der Waals surface area contributed by atoms with Crippen molar-refractivity contribution in [2.24, 2.45) is 0 Å². The van der Waals surface area contributed by atoms with Crippen LogP contribution in [0.15, 0.2) is 24.4 Å². The highest BCUT2D eigenvalue weighted by Gasteiger charge is 2.19. The molecule has 1 aromatic heterocycles. The number of thiazole rings is 1. The molecule has 0 spiro atoms. The predicted molar refractivity (Wildman–Crippen MR) is 85.8 cm³/mol. The van der Waals surface area contributed by atoms with Gasteiger partial charge in [0.05, 0.1) is 15.4 Å². The van der Waals surface area contributed by atoms with Crippen molar-refractivity contribution in [1.82, 2.24) is 4.98 Å². The lowest BCUT2D eigenvalue weighted by atomic mass is 10.2. The van der Waals surface area contributed by atoms with Crippen molar-refractivity contribution in [2.45, 2.75) is 0 Å². The number of hydrogen-bond acceptors (Lipinski definition) is 9. The Morgan fingerprint density at radius 2 is 2.00 bits per heavy atom. The fraction of sp³-hybridized carbons (Fsp3) is 0.0833. The molecule has 0 atom stereocenters. The second-order valence-electron chi connectivity index (χ2n) is 4.31. The third-order valence-electron chi connectivity index (χ3n) is 2.63. The Morgan fingerprint density at radius 3 is 2.60 bits per heavy atom. The topological polar surface area (TPSA) is 155 Å². The molecule has 11 nitrogen and oxygen atoms in total. The van der Waals surface area contributed by atoms with Crippen molar-refractivity contribution in [3.05, 3.63) is 55.2 Å². The number of ether oxygens (including phenoxy) is 1. The quantitative estimate of drug-likeness (QED) is 0.450. The summed E-state index contributed by atoms with van der Waals surface area (Å²) >= 11 is 6.26. The van der Waals surface area contributed by atoms with Crippen molar-refractivity contribution in [3.8, 4) is 0 Å². The third-order valence-corrected chi connectivity index (χ3v) is 3.82. The first-order chi connectivity index (χ1) is 11.8. The van der Waals surface area contributed by atoms with Gasteiger partial charge in [-0.25, -0.2) is 9.78 Å². The van der Waals surface area contributed by atoms with Gasteiger partial charge in [0, 0.05) is 6.07 Å². The van der Waals surface area contributed by atoms with Crippen LogP contribution in [-0.4, -0.2) is 33.3 Å². The molecule has 25 heavy (non-hydrogen) atoms. The first-order valence-corrected chi connectivity index (χ1v) is 7.48. The van der Waals surface area contributed by atoms with Crippen LogP contribution in [0.1, 0.15) is 10.4 Å². The van der Waals surface area contributed by atoms with Gasteiger partial charge in [0.25, 0.3) is 11.6 Å². The maximum absolute atomic E-state index is 11.8. The molecule has 0 aliphatic carbocycles. The SMILES string of the molecule is O=C(COC(=O)c1ccc(Cl)c([N+](=O)[O-])c1)Nc1ncc([N+](=O)[O-])s1. The summed E-state index contributed by atoms with van der Waals surface area (Å²) < 4.78 is 4.72. The minimum absolute atomic E-state index is 0.0325. The van der Waals surface area contributed by atoms with Gasteiger partial charge in [-0.2, -0.15) is 0 Å². The number of esters is 1. The first kappa shape index (κ1) is 18.2. The number of nitrogens with zero attached hydrogens (tertiary/aromatic N) is 3. The molecular formula is C12H7ClN4O7S. The molecule has 1 aromatic carbocycles. The molecule has 0 fully saturated rings. The molecule has 13 heteroatoms. The van der Waals surface area contributed by atoms with Crippen LogP contribution in [0.5, 0.6) is 0 Å². The van der Waals surface area contributed by atoms with Gasteiger partial charge in [0.1, 0.15) is 11.2 Å². The molecule has 0 unspecified atom stereocenters. The van der Waals surface area contributed by atoms with Crippen molar-refractivity contribution in [1.29, 1.82) is 0 Å². The maximum atomic E-state index is 11.8. The van der Waals surface area contributed by atoms with E-state index < -0.39 is 34.0 Å². The lowest BCUT2D eigenvalue weighted by Crippen LogP contribution is -2.20. The van der Waals surface area contributed by atoms with Crippen LogP contribution in [0, 0.1) is 20.2 Å². The monoisotopic (exact) mass is 386 g/mol. The largest absolute Gasteiger partial charge is 0.452 e. The number of nitro groups is 2. The second-order valence-corrected chi connectivity index (χ2v) is 5.72. The number of benzene rings is 1. The van der Waals surface area contributed by atoms with Crippen LogP contribution in [0.4, 0.5) is 15.8 Å². The highest BCUT2D eigenvalue weighted by molar-refractivity contribution is 7.18. The summed E-state index contributed by atoms with van der Waals surface area (Å²) in [6.07, 6.45) is 0.971. The predicted octanol–water partition coefficient (Wildman–Crippen LogP) is 2.41. The van der Waals surface area contributed by atoms with E-state index in [1.807, 2.05) is 0 Å². The summed E-state index contributed by atoms with van der Waals surface area (Å²) in [4.78, 5) is 46.9. The molecule has 1 N–H and O–H groups in total. The number of rotatable bonds is 6. The van der Waals surface area contributed by atoms with Gasteiger partial charge in [-0.05, 0) is 23.5 Å². The minimum Gasteiger partial charge on any atom is -0.452 e. The molecule has 0 radical (unpaired) electrons. The zero-order valence-corrected chi connectivity index (χ0v) is 13.6. The molecule has 0 saturated carbocycles. The highest BCUT2D eigenvalue weighted by Crippen LogP contribution is 2.26. The molecule has 0 aliphatic rings. The average Bonchev–Trinajstić information content (AvgIpc) is 3.01. The van der Waals surface area contributed by atoms with Gasteiger partial charge < -0.3 is 4.74 Å². The summed E-state index contributed by atoms with van der Waals surface area (Å²) in [6, 6.07) is 3.29. The zero-order chi connectivity index (χ0) is 18.6. The summed E-state index contributed by atoms with van der Waals surface area (Å²) in [5.74, 6) is -1.75. The van der Waals surface area contributed by atoms with Crippen molar-refractivity contribution in [3.63, 3.8) is 0 Å². The number of hydrogen-bond donors (Lipinski definition) is 1. The van der Waals surface area contributed by atoms with Gasteiger partial charge in [0.2, 0.25) is 0 Å². The van der Waals surface area contributed by atoms with E-state index in [0.29, 0.717) is 11.3 Å². The number of nitrogens with one attached hydrogen (secondary N) is 1. The Morgan fingerprint density at radius 1 is 1.28 bits per heavy atom. The summed E-state index contributed by atoms with van der Waals surface area (Å²) in [7, 11) is 0. The highest BCUT2D eigenvalue weighted by atomic mass is 35.5. The van der Waals surface area contributed by atoms with Crippen LogP contribution >= 0.6 is 22.9 Å². The third kappa shape index (κ3) is 4.68. The van der Waals surface area contributed by atoms with Gasteiger partial charge in [0.15, 0.2) is 11.7 Å². The lowest BCUT2D eigenvalue weighted by molar-refractivity contribution is -0.384. The van der Waals surface area contributed by atoms with E-state index in [0.717, 1.165) is 18.3 Å². The first-order valence-electron chi connectivity index (χ1n) is 6.29. The number of aromatic nitrogens is 1. The second kappa shape index (κ2) is 7.63. The number of anilines is 1. The molecular weight excluding hydrogens is 380 g/mol. The Bertz CT molecular complexity index is 869. The molecule has 1 heterocycles. The van der Waals surface area contributed by atoms with Crippen molar-refractivity contribution >= 4 is 50.6 Å². The van der Waals surface area contributed by atoms with E-state index in [1.54, 1.807) is 0 Å². The van der Waals surface area contributed by atoms with Crippen molar-refractivity contribution in [2.75, 3.05) is 11.9 Å². The van der Waals surface area contributed by atoms with Crippen LogP contribution in [0.3, 0.4) is 0 Å². The van der Waals surface area contributed by atoms with Crippen LogP contribution < -0.4 is 5.32 Å². The molecule has 2 aromatic rings. The molecule has 0 aliphatic heterocycles. The number of carbonyl (C=O) groups excluding carboxylic acids is 2. The fourth-order valence-electron chi connectivity index (χ4n) is 1.56. The summed E-state index contributed by atoms with van der Waals surface area (Å²) in [5, 5.41) is 23.1. The van der Waals surface area contributed by atoms with Gasteiger partial charge >= 0.3 is 11.0 Å². The average molecular weight is 387 g/mol. The molecule has 130 valence electrons. The van der Waals surface area contributed by atoms with E-state index >= 15 is 0 Å². The fourth-order valence-corrected chi connectivity index (χ4v) is 2.39. The van der Waals surface area contributed by atoms with Gasteiger partial charge in [-0.1, -0.05) is 11.6 Å². The number of carbonyl (C=O) groups is 2. The molecule has 0 saturated heterocycles. The smallest absolute Gasteiger partial charge is 0.345 e. The standard InChI is InChI=1S/C12H7ClN4O7S/c13-7-2-1-6(3-8(7)16(20)21)11(19)24-5-9(18)15-12-14-4-10(25-12)17(22)23/h1-4H,5H2,(H,14,15,18). The zero-order valence-electron chi connectivity index (χ0n) is 12.0. The van der Waals surface area contributed by atoms with E-state index in [-0.39, 0.29) is 20.7 Å². The Kier molecular flexibility index (Phi) is 5.56. The Balaban J connectivity index is 1.95. The molecule has 1 amide bonds. The minimum atomic E-state index is -0.972.